The van der Waals surface area contributed by atoms with Crippen molar-refractivity contribution in [1.29, 1.82) is 0 Å². The summed E-state index contributed by atoms with van der Waals surface area (Å²) in [5.74, 6) is -1.08. The number of hydrogen-bond acceptors (Lipinski definition) is 4. The van der Waals surface area contributed by atoms with Gasteiger partial charge in [0.2, 0.25) is 11.8 Å². The lowest BCUT2D eigenvalue weighted by Gasteiger charge is -2.33. The molecule has 6 nitrogen and oxygen atoms in total. The summed E-state index contributed by atoms with van der Waals surface area (Å²) in [6.07, 6.45) is 0. The van der Waals surface area contributed by atoms with Gasteiger partial charge in [0.1, 0.15) is 6.04 Å². The van der Waals surface area contributed by atoms with E-state index in [0.29, 0.717) is 18.8 Å². The molecule has 21 heavy (non-hydrogen) atoms. The molecule has 0 spiro atoms. The zero-order valence-corrected chi connectivity index (χ0v) is 11.9. The summed E-state index contributed by atoms with van der Waals surface area (Å²) in [6, 6.07) is 3.41. The first-order chi connectivity index (χ1) is 10.0. The molecule has 1 fully saturated rings. The van der Waals surface area contributed by atoms with E-state index in [1.807, 2.05) is 0 Å². The van der Waals surface area contributed by atoms with Crippen LogP contribution in [0.1, 0.15) is 6.92 Å². The Balaban J connectivity index is 2.09. The molecule has 0 unspecified atom stereocenters. The van der Waals surface area contributed by atoms with Crippen molar-refractivity contribution in [3.63, 3.8) is 0 Å². The predicted octanol–water partition coefficient (Wildman–Crippen LogP) is 1.02. The third-order valence-electron chi connectivity index (χ3n) is 3.25. The van der Waals surface area contributed by atoms with Gasteiger partial charge in [-0.25, -0.2) is 4.39 Å². The molecule has 1 aliphatic heterocycles. The zero-order chi connectivity index (χ0) is 15.4. The fraction of sp³-hybridized carbons (Fsp3) is 0.429. The Bertz CT molecular complexity index is 550. The molecule has 1 aromatic rings. The molecule has 0 saturated carbocycles. The maximum atomic E-state index is 13.6. The van der Waals surface area contributed by atoms with Crippen LogP contribution in [-0.4, -0.2) is 49.6 Å². The van der Waals surface area contributed by atoms with Gasteiger partial charge in [0.05, 0.1) is 20.3 Å². The minimum Gasteiger partial charge on any atom is -0.494 e. The second-order valence-corrected chi connectivity index (χ2v) is 4.64. The molecule has 1 aliphatic rings. The Labute approximate surface area is 121 Å². The molecule has 114 valence electrons. The molecule has 1 aromatic carbocycles. The molecule has 0 aromatic heterocycles. The van der Waals surface area contributed by atoms with Crippen LogP contribution in [0.25, 0.3) is 0 Å². The Hall–Kier alpha value is -2.15. The number of anilines is 1. The Morgan fingerprint density at radius 1 is 1.48 bits per heavy atom. The van der Waals surface area contributed by atoms with Gasteiger partial charge in [0.25, 0.3) is 0 Å². The van der Waals surface area contributed by atoms with E-state index >= 15 is 0 Å². The highest BCUT2D eigenvalue weighted by atomic mass is 19.1. The number of morpholine rings is 1. The van der Waals surface area contributed by atoms with Gasteiger partial charge in [-0.05, 0) is 12.1 Å². The number of amides is 2. The van der Waals surface area contributed by atoms with Crippen LogP contribution in [0.5, 0.6) is 5.75 Å². The van der Waals surface area contributed by atoms with Crippen molar-refractivity contribution in [3.05, 3.63) is 24.0 Å². The normalized spacial score (nSPS) is 18.2. The van der Waals surface area contributed by atoms with Gasteiger partial charge < -0.3 is 19.7 Å². The summed E-state index contributed by atoms with van der Waals surface area (Å²) in [6.45, 7) is 2.30. The zero-order valence-electron chi connectivity index (χ0n) is 11.9. The van der Waals surface area contributed by atoms with Crippen LogP contribution >= 0.6 is 0 Å². The SMILES string of the molecule is COc1ccc(NC(=O)[C@@H]2COCCN2C(C)=O)cc1F. The lowest BCUT2D eigenvalue weighted by atomic mass is 10.2. The molecule has 7 heteroatoms. The molecule has 0 aliphatic carbocycles. The Kier molecular flexibility index (Phi) is 4.74. The molecule has 2 rings (SSSR count). The Morgan fingerprint density at radius 2 is 2.24 bits per heavy atom. The minimum atomic E-state index is -0.707. The van der Waals surface area contributed by atoms with Gasteiger partial charge in [0, 0.05) is 25.2 Å². The number of benzene rings is 1. The number of hydrogen-bond donors (Lipinski definition) is 1. The second-order valence-electron chi connectivity index (χ2n) is 4.64. The van der Waals surface area contributed by atoms with Crippen LogP contribution in [0.2, 0.25) is 0 Å². The Morgan fingerprint density at radius 3 is 2.86 bits per heavy atom. The van der Waals surface area contributed by atoms with Crippen LogP contribution in [0.3, 0.4) is 0 Å². The van der Waals surface area contributed by atoms with Crippen LogP contribution < -0.4 is 10.1 Å². The first kappa shape index (κ1) is 15.2. The van der Waals surface area contributed by atoms with Gasteiger partial charge in [-0.15, -0.1) is 0 Å². The fourth-order valence-corrected chi connectivity index (χ4v) is 2.17. The summed E-state index contributed by atoms with van der Waals surface area (Å²) in [5, 5.41) is 2.58. The minimum absolute atomic E-state index is 0.0966. The average Bonchev–Trinajstić information content (AvgIpc) is 2.47. The first-order valence-corrected chi connectivity index (χ1v) is 6.52. The number of carbonyl (C=O) groups is 2. The molecule has 2 amide bonds. The van der Waals surface area contributed by atoms with Crippen molar-refractivity contribution in [2.24, 2.45) is 0 Å². The van der Waals surface area contributed by atoms with Crippen LogP contribution in [0.4, 0.5) is 10.1 Å². The highest BCUT2D eigenvalue weighted by Gasteiger charge is 2.31. The monoisotopic (exact) mass is 296 g/mol. The maximum Gasteiger partial charge on any atom is 0.249 e. The topological polar surface area (TPSA) is 67.9 Å². The number of ether oxygens (including phenoxy) is 2. The molecule has 1 atom stereocenters. The third-order valence-corrected chi connectivity index (χ3v) is 3.25. The van der Waals surface area contributed by atoms with Crippen LogP contribution in [0, 0.1) is 5.82 Å². The third kappa shape index (κ3) is 3.49. The van der Waals surface area contributed by atoms with Gasteiger partial charge in [-0.1, -0.05) is 0 Å². The van der Waals surface area contributed by atoms with Crippen molar-refractivity contribution >= 4 is 17.5 Å². The smallest absolute Gasteiger partial charge is 0.249 e. The first-order valence-electron chi connectivity index (χ1n) is 6.52. The van der Waals surface area contributed by atoms with E-state index < -0.39 is 17.8 Å². The van der Waals surface area contributed by atoms with Crippen molar-refractivity contribution in [3.8, 4) is 5.75 Å². The molecule has 1 heterocycles. The lowest BCUT2D eigenvalue weighted by Crippen LogP contribution is -2.53. The number of nitrogens with one attached hydrogen (secondary N) is 1. The average molecular weight is 296 g/mol. The number of methoxy groups -OCH3 is 1. The van der Waals surface area contributed by atoms with Crippen molar-refractivity contribution < 1.29 is 23.5 Å². The molecular weight excluding hydrogens is 279 g/mol. The van der Waals surface area contributed by atoms with Crippen molar-refractivity contribution in [1.82, 2.24) is 4.90 Å². The maximum absolute atomic E-state index is 13.6. The van der Waals surface area contributed by atoms with Crippen molar-refractivity contribution in [2.75, 3.05) is 32.2 Å². The lowest BCUT2D eigenvalue weighted by molar-refractivity contribution is -0.144. The highest BCUT2D eigenvalue weighted by molar-refractivity contribution is 5.97. The highest BCUT2D eigenvalue weighted by Crippen LogP contribution is 2.21. The molecule has 1 saturated heterocycles. The van der Waals surface area contributed by atoms with Gasteiger partial charge >= 0.3 is 0 Å². The largest absolute Gasteiger partial charge is 0.494 e. The van der Waals surface area contributed by atoms with E-state index in [4.69, 9.17) is 9.47 Å². The van der Waals surface area contributed by atoms with E-state index in [1.165, 1.54) is 37.1 Å². The number of rotatable bonds is 3. The summed E-state index contributed by atoms with van der Waals surface area (Å²) in [7, 11) is 1.36. The summed E-state index contributed by atoms with van der Waals surface area (Å²) in [5.41, 5.74) is 0.298. The summed E-state index contributed by atoms with van der Waals surface area (Å²) in [4.78, 5) is 25.2. The van der Waals surface area contributed by atoms with E-state index in [2.05, 4.69) is 5.32 Å². The van der Waals surface area contributed by atoms with Crippen LogP contribution in [0.15, 0.2) is 18.2 Å². The molecule has 0 bridgehead atoms. The number of carbonyl (C=O) groups excluding carboxylic acids is 2. The van der Waals surface area contributed by atoms with Crippen LogP contribution in [-0.2, 0) is 14.3 Å². The van der Waals surface area contributed by atoms with Gasteiger partial charge in [-0.2, -0.15) is 0 Å². The van der Waals surface area contributed by atoms with E-state index in [1.54, 1.807) is 0 Å². The second kappa shape index (κ2) is 6.53. The predicted molar refractivity (Wildman–Crippen MR) is 73.6 cm³/mol. The van der Waals surface area contributed by atoms with E-state index in [0.717, 1.165) is 0 Å². The quantitative estimate of drug-likeness (QED) is 0.904. The number of halogens is 1. The summed E-state index contributed by atoms with van der Waals surface area (Å²) >= 11 is 0. The van der Waals surface area contributed by atoms with E-state index in [9.17, 15) is 14.0 Å². The summed E-state index contributed by atoms with van der Waals surface area (Å²) < 4.78 is 23.6. The van der Waals surface area contributed by atoms with Gasteiger partial charge in [0.15, 0.2) is 11.6 Å². The van der Waals surface area contributed by atoms with Crippen molar-refractivity contribution in [2.45, 2.75) is 13.0 Å². The molecule has 1 N–H and O–H groups in total. The number of nitrogens with zero attached hydrogens (tertiary/aromatic N) is 1. The fourth-order valence-electron chi connectivity index (χ4n) is 2.17. The molecular formula is C14H17FN2O4. The molecule has 0 radical (unpaired) electrons. The van der Waals surface area contributed by atoms with Gasteiger partial charge in [-0.3, -0.25) is 9.59 Å². The standard InChI is InChI=1S/C14H17FN2O4/c1-9(18)17-5-6-21-8-12(17)14(19)16-10-3-4-13(20-2)11(15)7-10/h3-4,7,12H,5-6,8H2,1-2H3,(H,16,19)/t12-/m0/s1. The van der Waals surface area contributed by atoms with E-state index in [-0.39, 0.29) is 18.3 Å².